The van der Waals surface area contributed by atoms with Crippen LogP contribution in [0.15, 0.2) is 30.4 Å². The zero-order valence-corrected chi connectivity index (χ0v) is 8.91. The molecule has 1 aromatic carbocycles. The Morgan fingerprint density at radius 1 is 1.53 bits per heavy atom. The first-order valence-electron chi connectivity index (χ1n) is 4.59. The minimum absolute atomic E-state index is 0.0210. The van der Waals surface area contributed by atoms with Crippen LogP contribution in [-0.4, -0.2) is 18.2 Å². The Morgan fingerprint density at radius 2 is 2.20 bits per heavy atom. The number of esters is 1. The highest BCUT2D eigenvalue weighted by Gasteiger charge is 2.13. The molecule has 1 N–H and O–H groups in total. The number of carbonyl (C=O) groups excluding carboxylic acids is 1. The molecule has 1 aromatic rings. The number of aromatic hydroxyl groups is 1. The number of phenolic OH excluding ortho intramolecular Hbond substituents is 1. The fraction of sp³-hybridized carbons (Fsp3) is 0.250. The smallest absolute Gasteiger partial charge is 0.341 e. The Morgan fingerprint density at radius 3 is 2.73 bits per heavy atom. The molecule has 0 saturated carbocycles. The highest BCUT2D eigenvalue weighted by Crippen LogP contribution is 2.24. The maximum absolute atomic E-state index is 11.3. The topological polar surface area (TPSA) is 46.5 Å². The number of hydrogen-bond donors (Lipinski definition) is 1. The number of phenols is 1. The third-order valence-corrected chi connectivity index (χ3v) is 2.02. The van der Waals surface area contributed by atoms with Crippen molar-refractivity contribution < 1.29 is 14.6 Å². The van der Waals surface area contributed by atoms with Crippen molar-refractivity contribution in [1.82, 2.24) is 0 Å². The molecule has 0 saturated heterocycles. The Labute approximate surface area is 89.0 Å². The van der Waals surface area contributed by atoms with Crippen molar-refractivity contribution >= 4 is 5.97 Å². The van der Waals surface area contributed by atoms with E-state index in [1.54, 1.807) is 12.1 Å². The molecule has 0 amide bonds. The molecule has 0 aliphatic heterocycles. The molecular weight excluding hydrogens is 192 g/mol. The Balaban J connectivity index is 3.11. The number of allylic oxidation sites excluding steroid dienone is 1. The lowest BCUT2D eigenvalue weighted by molar-refractivity contribution is 0.0597. The van der Waals surface area contributed by atoms with Gasteiger partial charge in [-0.05, 0) is 25.0 Å². The lowest BCUT2D eigenvalue weighted by atomic mass is 10.0. The summed E-state index contributed by atoms with van der Waals surface area (Å²) < 4.78 is 4.56. The summed E-state index contributed by atoms with van der Waals surface area (Å²) in [5.74, 6) is -0.552. The quantitative estimate of drug-likeness (QED) is 0.609. The molecular formula is C12H14O3. The van der Waals surface area contributed by atoms with Crippen LogP contribution in [0.5, 0.6) is 5.75 Å². The monoisotopic (exact) mass is 206 g/mol. The highest BCUT2D eigenvalue weighted by atomic mass is 16.5. The van der Waals surface area contributed by atoms with Crippen molar-refractivity contribution in [3.63, 3.8) is 0 Å². The fourth-order valence-corrected chi connectivity index (χ4v) is 1.33. The molecule has 1 rings (SSSR count). The molecule has 0 atom stereocenters. The van der Waals surface area contributed by atoms with E-state index in [0.29, 0.717) is 12.0 Å². The van der Waals surface area contributed by atoms with Gasteiger partial charge in [-0.25, -0.2) is 4.79 Å². The Hall–Kier alpha value is -1.77. The lowest BCUT2D eigenvalue weighted by Gasteiger charge is -2.07. The van der Waals surface area contributed by atoms with E-state index in [4.69, 9.17) is 0 Å². The average molecular weight is 206 g/mol. The third kappa shape index (κ3) is 2.59. The standard InChI is InChI=1S/C12H14O3/c1-8(2)7-9-5-4-6-10(11(9)13)12(14)15-3/h4-6,13H,1,7H2,2-3H3. The number of benzene rings is 1. The molecule has 0 bridgehead atoms. The van der Waals surface area contributed by atoms with Gasteiger partial charge in [-0.15, -0.1) is 0 Å². The first-order chi connectivity index (χ1) is 7.06. The van der Waals surface area contributed by atoms with Crippen LogP contribution in [0, 0.1) is 0 Å². The summed E-state index contributed by atoms with van der Waals surface area (Å²) in [4.78, 5) is 11.3. The van der Waals surface area contributed by atoms with E-state index in [2.05, 4.69) is 11.3 Å². The van der Waals surface area contributed by atoms with Crippen LogP contribution in [-0.2, 0) is 11.2 Å². The predicted molar refractivity (Wildman–Crippen MR) is 58.0 cm³/mol. The number of para-hydroxylation sites is 1. The molecule has 0 aliphatic carbocycles. The van der Waals surface area contributed by atoms with Gasteiger partial charge in [-0.3, -0.25) is 0 Å². The molecule has 0 radical (unpaired) electrons. The molecule has 3 heteroatoms. The summed E-state index contributed by atoms with van der Waals surface area (Å²) in [6.07, 6.45) is 0.552. The van der Waals surface area contributed by atoms with Gasteiger partial charge in [0.25, 0.3) is 0 Å². The van der Waals surface area contributed by atoms with Crippen molar-refractivity contribution in [2.75, 3.05) is 7.11 Å². The van der Waals surface area contributed by atoms with Crippen LogP contribution < -0.4 is 0 Å². The number of hydrogen-bond acceptors (Lipinski definition) is 3. The molecule has 15 heavy (non-hydrogen) atoms. The van der Waals surface area contributed by atoms with Gasteiger partial charge in [0.05, 0.1) is 7.11 Å². The van der Waals surface area contributed by atoms with Crippen LogP contribution in [0.4, 0.5) is 0 Å². The van der Waals surface area contributed by atoms with Crippen molar-refractivity contribution in [3.8, 4) is 5.75 Å². The minimum Gasteiger partial charge on any atom is -0.507 e. The minimum atomic E-state index is -0.531. The summed E-state index contributed by atoms with van der Waals surface area (Å²) >= 11 is 0. The maximum Gasteiger partial charge on any atom is 0.341 e. The van der Waals surface area contributed by atoms with Crippen molar-refractivity contribution in [2.45, 2.75) is 13.3 Å². The van der Waals surface area contributed by atoms with E-state index < -0.39 is 5.97 Å². The van der Waals surface area contributed by atoms with Crippen LogP contribution in [0.2, 0.25) is 0 Å². The zero-order chi connectivity index (χ0) is 11.4. The maximum atomic E-state index is 11.3. The van der Waals surface area contributed by atoms with Gasteiger partial charge >= 0.3 is 5.97 Å². The van der Waals surface area contributed by atoms with Crippen LogP contribution >= 0.6 is 0 Å². The van der Waals surface area contributed by atoms with Crippen LogP contribution in [0.3, 0.4) is 0 Å². The van der Waals surface area contributed by atoms with Gasteiger partial charge in [0.1, 0.15) is 11.3 Å². The second-order valence-corrected chi connectivity index (χ2v) is 3.44. The van der Waals surface area contributed by atoms with Crippen molar-refractivity contribution in [2.24, 2.45) is 0 Å². The first kappa shape index (κ1) is 11.3. The largest absolute Gasteiger partial charge is 0.507 e. The molecule has 0 aliphatic rings. The molecule has 0 heterocycles. The van der Waals surface area contributed by atoms with Crippen LogP contribution in [0.1, 0.15) is 22.8 Å². The number of carbonyl (C=O) groups is 1. The molecule has 0 spiro atoms. The number of ether oxygens (including phenoxy) is 1. The van der Waals surface area contributed by atoms with E-state index >= 15 is 0 Å². The predicted octanol–water partition coefficient (Wildman–Crippen LogP) is 2.30. The number of rotatable bonds is 3. The van der Waals surface area contributed by atoms with Gasteiger partial charge in [-0.2, -0.15) is 0 Å². The SMILES string of the molecule is C=C(C)Cc1cccc(C(=O)OC)c1O. The van der Waals surface area contributed by atoms with Crippen LogP contribution in [0.25, 0.3) is 0 Å². The highest BCUT2D eigenvalue weighted by molar-refractivity contribution is 5.92. The fourth-order valence-electron chi connectivity index (χ4n) is 1.33. The van der Waals surface area contributed by atoms with Gasteiger partial charge in [0.2, 0.25) is 0 Å². The van der Waals surface area contributed by atoms with E-state index in [9.17, 15) is 9.90 Å². The molecule has 0 aromatic heterocycles. The van der Waals surface area contributed by atoms with Crippen molar-refractivity contribution in [1.29, 1.82) is 0 Å². The Bertz CT molecular complexity index is 394. The average Bonchev–Trinajstić information content (AvgIpc) is 2.19. The second-order valence-electron chi connectivity index (χ2n) is 3.44. The van der Waals surface area contributed by atoms with E-state index in [0.717, 1.165) is 5.57 Å². The second kappa shape index (κ2) is 4.64. The van der Waals surface area contributed by atoms with Crippen molar-refractivity contribution in [3.05, 3.63) is 41.5 Å². The summed E-state index contributed by atoms with van der Waals surface area (Å²) in [5, 5.41) is 9.80. The molecule has 3 nitrogen and oxygen atoms in total. The van der Waals surface area contributed by atoms with Gasteiger partial charge in [0.15, 0.2) is 0 Å². The van der Waals surface area contributed by atoms with E-state index in [1.807, 2.05) is 6.92 Å². The summed E-state index contributed by atoms with van der Waals surface area (Å²) in [6, 6.07) is 5.00. The first-order valence-corrected chi connectivity index (χ1v) is 4.59. The Kier molecular flexibility index (Phi) is 3.50. The summed E-state index contributed by atoms with van der Waals surface area (Å²) in [7, 11) is 1.28. The van der Waals surface area contributed by atoms with Gasteiger partial charge in [0, 0.05) is 0 Å². The summed E-state index contributed by atoms with van der Waals surface area (Å²) in [6.45, 7) is 5.62. The third-order valence-electron chi connectivity index (χ3n) is 2.02. The normalized spacial score (nSPS) is 9.73. The summed E-state index contributed by atoms with van der Waals surface area (Å²) in [5.41, 5.74) is 1.80. The van der Waals surface area contributed by atoms with Gasteiger partial charge < -0.3 is 9.84 Å². The van der Waals surface area contributed by atoms with E-state index in [-0.39, 0.29) is 11.3 Å². The molecule has 80 valence electrons. The number of methoxy groups -OCH3 is 1. The van der Waals surface area contributed by atoms with E-state index in [1.165, 1.54) is 13.2 Å². The molecule has 0 fully saturated rings. The lowest BCUT2D eigenvalue weighted by Crippen LogP contribution is -2.03. The molecule has 0 unspecified atom stereocenters. The zero-order valence-electron chi connectivity index (χ0n) is 8.91. The van der Waals surface area contributed by atoms with Gasteiger partial charge in [-0.1, -0.05) is 24.3 Å².